The van der Waals surface area contributed by atoms with Crippen LogP contribution in [0.4, 0.5) is 34.6 Å². The molecule has 362 valence electrons. The Labute approximate surface area is 404 Å². The molecule has 28 heteroatoms. The molecule has 0 aliphatic rings. The van der Waals surface area contributed by atoms with Crippen LogP contribution in [0.1, 0.15) is 22.3 Å². The summed E-state index contributed by atoms with van der Waals surface area (Å²) in [7, 11) is 0. The summed E-state index contributed by atoms with van der Waals surface area (Å²) < 4.78 is 0. The minimum atomic E-state index is -1.20. The molecule has 0 fully saturated rings. The Morgan fingerprint density at radius 3 is 0.632 bits per heavy atom. The molecule has 2 aromatic heterocycles. The van der Waals surface area contributed by atoms with Gasteiger partial charge in [0.2, 0.25) is 11.9 Å². The summed E-state index contributed by atoms with van der Waals surface area (Å²) in [5, 5.41) is 81.4. The summed E-state index contributed by atoms with van der Waals surface area (Å²) in [6, 6.07) is 24.7. The zero-order valence-corrected chi connectivity index (χ0v) is 36.3. The van der Waals surface area contributed by atoms with E-state index in [4.69, 9.17) is 11.5 Å². The molecule has 0 bridgehead atoms. The number of nitrogens with two attached hydrogens (primary N) is 2. The number of carbonyl (C=O) groups is 4. The van der Waals surface area contributed by atoms with Crippen LogP contribution < -0.4 is 31.9 Å². The van der Waals surface area contributed by atoms with Crippen molar-refractivity contribution in [3.63, 3.8) is 0 Å². The van der Waals surface area contributed by atoms with Gasteiger partial charge in [-0.3, -0.25) is 40.5 Å². The van der Waals surface area contributed by atoms with Crippen molar-refractivity contribution in [1.82, 2.24) is 19.9 Å². The van der Waals surface area contributed by atoms with Gasteiger partial charge in [0.15, 0.2) is 0 Å². The smallest absolute Gasteiger partial charge is 0.550 e. The van der Waals surface area contributed by atoms with Crippen molar-refractivity contribution in [1.29, 1.82) is 0 Å². The van der Waals surface area contributed by atoms with Crippen LogP contribution in [0.2, 0.25) is 0 Å². The van der Waals surface area contributed by atoms with Crippen LogP contribution in [0.5, 0.6) is 0 Å². The van der Waals surface area contributed by atoms with Gasteiger partial charge in [0.25, 0.3) is 22.7 Å². The molecule has 0 saturated carbocycles. The SMILES string of the molecule is Nc1ncccn1.Nc1ncccn1.O=C([O-])Cc1ccc([N+](=O)[O-])cc1.O=C([O-])Cc1ccc([N+](=O)[O-])cc1.O=C([O-])Cc1ccc([N+](=O)[O-])cc1.O=C([O-])Cc1ccc([N+](=O)[O-])cc1.[Cu+2].[Cu+2]. The third-order valence-corrected chi connectivity index (χ3v) is 7.15. The van der Waals surface area contributed by atoms with Gasteiger partial charge >= 0.3 is 34.1 Å². The van der Waals surface area contributed by atoms with Crippen LogP contribution in [0.25, 0.3) is 0 Å². The fraction of sp³-hybridized carbons (Fsp3) is 0.100. The fourth-order valence-corrected chi connectivity index (χ4v) is 4.23. The zero-order chi connectivity index (χ0) is 49.6. The van der Waals surface area contributed by atoms with E-state index in [9.17, 15) is 80.1 Å². The summed E-state index contributed by atoms with van der Waals surface area (Å²) in [5.74, 6) is -4.16. The number of rotatable bonds is 12. The number of nitro benzene ring substituents is 4. The van der Waals surface area contributed by atoms with Crippen molar-refractivity contribution in [2.24, 2.45) is 0 Å². The Hall–Kier alpha value is -8.84. The molecule has 0 spiro atoms. The van der Waals surface area contributed by atoms with Crippen molar-refractivity contribution < 1.29 is 93.4 Å². The Morgan fingerprint density at radius 2 is 0.529 bits per heavy atom. The molecule has 2 heterocycles. The number of non-ortho nitro benzene ring substituents is 4. The quantitative estimate of drug-likeness (QED) is 0.0899. The number of nitro groups is 4. The van der Waals surface area contributed by atoms with Crippen LogP contribution >= 0.6 is 0 Å². The third kappa shape index (κ3) is 28.8. The van der Waals surface area contributed by atoms with Crippen molar-refractivity contribution in [3.05, 3.63) is 197 Å². The number of nitrogen functional groups attached to an aromatic ring is 2. The molecule has 0 aliphatic carbocycles. The number of carbonyl (C=O) groups excluding carboxylic acids is 4. The van der Waals surface area contributed by atoms with Gasteiger partial charge in [-0.1, -0.05) is 48.5 Å². The number of anilines is 2. The van der Waals surface area contributed by atoms with Gasteiger partial charge in [-0.25, -0.2) is 19.9 Å². The number of benzene rings is 4. The number of aromatic nitrogens is 4. The minimum Gasteiger partial charge on any atom is -0.550 e. The van der Waals surface area contributed by atoms with E-state index in [1.54, 1.807) is 36.9 Å². The molecule has 6 aromatic rings. The molecule has 68 heavy (non-hydrogen) atoms. The van der Waals surface area contributed by atoms with E-state index >= 15 is 0 Å². The maximum absolute atomic E-state index is 10.2. The second-order valence-corrected chi connectivity index (χ2v) is 12.1. The van der Waals surface area contributed by atoms with E-state index in [1.165, 1.54) is 97.1 Å². The molecule has 26 nitrogen and oxygen atoms in total. The summed E-state index contributed by atoms with van der Waals surface area (Å²) >= 11 is 0. The van der Waals surface area contributed by atoms with E-state index in [2.05, 4.69) is 19.9 Å². The van der Waals surface area contributed by atoms with Gasteiger partial charge in [0, 0.05) is 123 Å². The van der Waals surface area contributed by atoms with E-state index in [0.29, 0.717) is 34.2 Å². The van der Waals surface area contributed by atoms with E-state index in [-0.39, 0.29) is 82.6 Å². The fourth-order valence-electron chi connectivity index (χ4n) is 4.23. The molecule has 0 unspecified atom stereocenters. The van der Waals surface area contributed by atoms with Crippen molar-refractivity contribution >= 4 is 58.5 Å². The Morgan fingerprint density at radius 1 is 0.368 bits per heavy atom. The Kier molecular flexibility index (Phi) is 30.3. The second-order valence-electron chi connectivity index (χ2n) is 12.1. The monoisotopic (exact) mass is 1040 g/mol. The van der Waals surface area contributed by atoms with Gasteiger partial charge in [-0.2, -0.15) is 0 Å². The molecule has 0 atom stereocenters. The average Bonchev–Trinajstić information content (AvgIpc) is 3.25. The first-order chi connectivity index (χ1) is 31.2. The van der Waals surface area contributed by atoms with Gasteiger partial charge < -0.3 is 51.1 Å². The number of aliphatic carboxylic acids is 4. The topological polar surface area (TPSA) is 437 Å². The molecule has 4 N–H and O–H groups in total. The van der Waals surface area contributed by atoms with Gasteiger partial charge in [0.05, 0.1) is 19.7 Å². The normalized spacial score (nSPS) is 9.06. The van der Waals surface area contributed by atoms with Crippen molar-refractivity contribution in [2.45, 2.75) is 25.7 Å². The largest absolute Gasteiger partial charge is 2.00 e. The van der Waals surface area contributed by atoms with Crippen LogP contribution in [-0.4, -0.2) is 63.5 Å². The molecular weight excluding hydrogens is 1000 g/mol. The molecule has 2 radical (unpaired) electrons. The zero-order valence-electron chi connectivity index (χ0n) is 34.4. The van der Waals surface area contributed by atoms with Crippen LogP contribution in [-0.2, 0) is 79.0 Å². The first-order valence-corrected chi connectivity index (χ1v) is 17.9. The molecule has 0 saturated heterocycles. The number of carboxylic acids is 4. The Bertz CT molecular complexity index is 2200. The summed E-state index contributed by atoms with van der Waals surface area (Å²) in [6.45, 7) is 0. The Balaban J connectivity index is 0. The maximum Gasteiger partial charge on any atom is 2.00 e. The molecular formula is C40H34Cu2N10O16. The van der Waals surface area contributed by atoms with Gasteiger partial charge in [-0.15, -0.1) is 0 Å². The number of hydrogen-bond donors (Lipinski definition) is 2. The summed E-state index contributed by atoms with van der Waals surface area (Å²) in [4.78, 5) is 93.8. The minimum absolute atomic E-state index is 0. The molecule has 0 aliphatic heterocycles. The van der Waals surface area contributed by atoms with Gasteiger partial charge in [0.1, 0.15) is 0 Å². The van der Waals surface area contributed by atoms with Crippen LogP contribution in [0.3, 0.4) is 0 Å². The predicted molar refractivity (Wildman–Crippen MR) is 220 cm³/mol. The second kappa shape index (κ2) is 33.6. The molecule has 0 amide bonds. The van der Waals surface area contributed by atoms with E-state index in [0.717, 1.165) is 0 Å². The summed E-state index contributed by atoms with van der Waals surface area (Å²) in [6.07, 6.45) is 5.50. The van der Waals surface area contributed by atoms with E-state index in [1.807, 2.05) is 0 Å². The maximum atomic E-state index is 10.2. The standard InChI is InChI=1S/4C8H7NO4.2C4H5N3.2Cu/c4*10-8(11)5-6-1-3-7(4-2-6)9(12)13;2*5-4-6-2-1-3-7-4;;/h4*1-4H,5H2,(H,10,11);2*1-3H,(H2,5,6,7);;/q;;;;;;2*+2/p-4. The first kappa shape index (κ1) is 61.2. The molecule has 4 aromatic carbocycles. The number of carboxylic acid groups (broad SMARTS) is 4. The van der Waals surface area contributed by atoms with E-state index < -0.39 is 43.6 Å². The van der Waals surface area contributed by atoms with Crippen LogP contribution in [0, 0.1) is 40.5 Å². The summed E-state index contributed by atoms with van der Waals surface area (Å²) in [5.41, 5.74) is 12.0. The average molecular weight is 1040 g/mol. The molecule has 6 rings (SSSR count). The number of nitrogens with zero attached hydrogens (tertiary/aromatic N) is 8. The first-order valence-electron chi connectivity index (χ1n) is 17.9. The van der Waals surface area contributed by atoms with Crippen molar-refractivity contribution in [3.8, 4) is 0 Å². The predicted octanol–water partition coefficient (Wildman–Crippen LogP) is -0.339. The van der Waals surface area contributed by atoms with Crippen molar-refractivity contribution in [2.75, 3.05) is 11.5 Å². The number of hydrogen-bond acceptors (Lipinski definition) is 22. The third-order valence-electron chi connectivity index (χ3n) is 7.15. The van der Waals surface area contributed by atoms with Gasteiger partial charge in [-0.05, 0) is 34.4 Å². The van der Waals surface area contributed by atoms with Crippen LogP contribution in [0.15, 0.2) is 134 Å².